The number of fused-ring (bicyclic) bond motifs is 1. The van der Waals surface area contributed by atoms with Crippen LogP contribution < -0.4 is 5.73 Å². The predicted octanol–water partition coefficient (Wildman–Crippen LogP) is 1.43. The summed E-state index contributed by atoms with van der Waals surface area (Å²) in [5.74, 6) is 2.02. The molecule has 1 aliphatic carbocycles. The fourth-order valence-electron chi connectivity index (χ4n) is 2.13. The van der Waals surface area contributed by atoms with Gasteiger partial charge in [-0.05, 0) is 12.8 Å². The summed E-state index contributed by atoms with van der Waals surface area (Å²) in [6, 6.07) is 0. The molecule has 0 spiro atoms. The van der Waals surface area contributed by atoms with Gasteiger partial charge in [-0.25, -0.2) is 0 Å². The number of aromatic amines is 1. The zero-order valence-corrected chi connectivity index (χ0v) is 10.3. The van der Waals surface area contributed by atoms with Gasteiger partial charge in [0.2, 0.25) is 4.96 Å². The zero-order valence-electron chi connectivity index (χ0n) is 9.50. The maximum Gasteiger partial charge on any atom is 0.234 e. The van der Waals surface area contributed by atoms with E-state index in [0.717, 1.165) is 21.4 Å². The molecular formula is C10H11N7S. The highest BCUT2D eigenvalue weighted by molar-refractivity contribution is 7.19. The molecule has 0 unspecified atom stereocenters. The lowest BCUT2D eigenvalue weighted by Crippen LogP contribution is -2.13. The van der Waals surface area contributed by atoms with E-state index in [-0.39, 0.29) is 0 Å². The van der Waals surface area contributed by atoms with Crippen LogP contribution in [0.25, 0.3) is 15.5 Å². The summed E-state index contributed by atoms with van der Waals surface area (Å²) in [4.78, 5) is 0.813. The first-order chi connectivity index (χ1) is 8.83. The van der Waals surface area contributed by atoms with Gasteiger partial charge in [-0.15, -0.1) is 10.2 Å². The van der Waals surface area contributed by atoms with Gasteiger partial charge in [-0.2, -0.15) is 14.7 Å². The van der Waals surface area contributed by atoms with Crippen molar-refractivity contribution in [3.05, 3.63) is 12.0 Å². The van der Waals surface area contributed by atoms with Gasteiger partial charge in [-0.3, -0.25) is 5.10 Å². The summed E-state index contributed by atoms with van der Waals surface area (Å²) in [6.45, 7) is 0. The van der Waals surface area contributed by atoms with Crippen LogP contribution in [0.15, 0.2) is 6.20 Å². The number of nitrogens with zero attached hydrogens (tertiary/aromatic N) is 5. The molecule has 3 N–H and O–H groups in total. The Labute approximate surface area is 106 Å². The van der Waals surface area contributed by atoms with Gasteiger partial charge >= 0.3 is 0 Å². The van der Waals surface area contributed by atoms with E-state index in [1.165, 1.54) is 30.6 Å². The van der Waals surface area contributed by atoms with E-state index >= 15 is 0 Å². The highest BCUT2D eigenvalue weighted by atomic mass is 32.1. The first-order valence-electron chi connectivity index (χ1n) is 5.84. The van der Waals surface area contributed by atoms with E-state index in [1.54, 1.807) is 6.20 Å². The molecule has 1 saturated carbocycles. The van der Waals surface area contributed by atoms with E-state index in [9.17, 15) is 0 Å². The first-order valence-corrected chi connectivity index (χ1v) is 6.66. The van der Waals surface area contributed by atoms with Crippen LogP contribution in [0.3, 0.4) is 0 Å². The second kappa shape index (κ2) is 3.52. The minimum absolute atomic E-state index is 0.511. The Balaban J connectivity index is 1.84. The van der Waals surface area contributed by atoms with Gasteiger partial charge in [-0.1, -0.05) is 17.8 Å². The molecule has 3 aromatic heterocycles. The Kier molecular flexibility index (Phi) is 1.95. The molecule has 0 bridgehead atoms. The van der Waals surface area contributed by atoms with Crippen molar-refractivity contribution >= 4 is 22.1 Å². The van der Waals surface area contributed by atoms with Crippen LogP contribution in [-0.2, 0) is 0 Å². The van der Waals surface area contributed by atoms with Gasteiger partial charge in [0.25, 0.3) is 0 Å². The third-order valence-corrected chi connectivity index (χ3v) is 4.32. The summed E-state index contributed by atoms with van der Waals surface area (Å²) < 4.78 is 1.84. The van der Waals surface area contributed by atoms with Crippen molar-refractivity contribution in [2.24, 2.45) is 0 Å². The first kappa shape index (κ1) is 10.0. The average Bonchev–Trinajstić information content (AvgIpc) is 2.92. The van der Waals surface area contributed by atoms with E-state index in [4.69, 9.17) is 5.73 Å². The Hall–Kier alpha value is -1.96. The van der Waals surface area contributed by atoms with Crippen molar-refractivity contribution in [3.63, 3.8) is 0 Å². The van der Waals surface area contributed by atoms with E-state index < -0.39 is 0 Å². The van der Waals surface area contributed by atoms with Crippen LogP contribution in [0, 0.1) is 0 Å². The molecule has 4 rings (SSSR count). The number of aromatic nitrogens is 6. The summed E-state index contributed by atoms with van der Waals surface area (Å²) in [6.07, 6.45) is 5.32. The standard InChI is InChI=1S/C10H11N7S/c11-7-6(4-12-13-7)9-16-17-8(5-2-1-3-5)14-15-10(17)18-9/h4-5H,1-3H2,(H3,11,12,13). The van der Waals surface area contributed by atoms with Crippen LogP contribution in [-0.4, -0.2) is 30.0 Å². The Bertz CT molecular complexity index is 705. The maximum absolute atomic E-state index is 5.80. The second-order valence-corrected chi connectivity index (χ2v) is 5.44. The fourth-order valence-corrected chi connectivity index (χ4v) is 3.00. The van der Waals surface area contributed by atoms with Crippen molar-refractivity contribution in [3.8, 4) is 10.6 Å². The lowest BCUT2D eigenvalue weighted by molar-refractivity contribution is 0.395. The Morgan fingerprint density at radius 2 is 2.28 bits per heavy atom. The van der Waals surface area contributed by atoms with E-state index in [2.05, 4.69) is 25.5 Å². The Morgan fingerprint density at radius 1 is 1.39 bits per heavy atom. The van der Waals surface area contributed by atoms with Gasteiger partial charge in [0.05, 0.1) is 11.8 Å². The third-order valence-electron chi connectivity index (χ3n) is 3.38. The normalized spacial score (nSPS) is 16.2. The number of hydrogen-bond acceptors (Lipinski definition) is 6. The highest BCUT2D eigenvalue weighted by Gasteiger charge is 2.26. The van der Waals surface area contributed by atoms with Gasteiger partial charge in [0, 0.05) is 5.92 Å². The van der Waals surface area contributed by atoms with Crippen molar-refractivity contribution in [2.45, 2.75) is 25.2 Å². The molecule has 0 aromatic carbocycles. The second-order valence-electron chi connectivity index (χ2n) is 4.48. The molecule has 8 heteroatoms. The highest BCUT2D eigenvalue weighted by Crippen LogP contribution is 2.36. The molecular weight excluding hydrogens is 250 g/mol. The molecule has 1 fully saturated rings. The van der Waals surface area contributed by atoms with Gasteiger partial charge in [0.15, 0.2) is 10.8 Å². The molecule has 3 aromatic rings. The van der Waals surface area contributed by atoms with Crippen LogP contribution in [0.5, 0.6) is 0 Å². The van der Waals surface area contributed by atoms with Crippen LogP contribution >= 0.6 is 11.3 Å². The zero-order chi connectivity index (χ0) is 12.1. The molecule has 0 atom stereocenters. The fraction of sp³-hybridized carbons (Fsp3) is 0.400. The molecule has 92 valence electrons. The number of rotatable bonds is 2. The summed E-state index contributed by atoms with van der Waals surface area (Å²) >= 11 is 1.48. The quantitative estimate of drug-likeness (QED) is 0.727. The average molecular weight is 261 g/mol. The third kappa shape index (κ3) is 1.29. The molecule has 0 amide bonds. The summed E-state index contributed by atoms with van der Waals surface area (Å²) in [7, 11) is 0. The number of nitrogens with two attached hydrogens (primary N) is 1. The van der Waals surface area contributed by atoms with Crippen LogP contribution in [0.2, 0.25) is 0 Å². The van der Waals surface area contributed by atoms with Crippen molar-refractivity contribution in [1.82, 2.24) is 30.0 Å². The minimum Gasteiger partial charge on any atom is -0.383 e. The lowest BCUT2D eigenvalue weighted by atomic mass is 9.85. The SMILES string of the molecule is Nc1[nH]ncc1-c1nn2c(C3CCC3)nnc2s1. The molecule has 0 aliphatic heterocycles. The number of nitrogens with one attached hydrogen (secondary N) is 1. The molecule has 18 heavy (non-hydrogen) atoms. The molecule has 1 aliphatic rings. The summed E-state index contributed by atoms with van der Waals surface area (Å²) in [5, 5.41) is 20.4. The largest absolute Gasteiger partial charge is 0.383 e. The minimum atomic E-state index is 0.511. The van der Waals surface area contributed by atoms with E-state index in [0.29, 0.717) is 11.7 Å². The molecule has 0 saturated heterocycles. The van der Waals surface area contributed by atoms with Crippen LogP contribution in [0.4, 0.5) is 5.82 Å². The topological polar surface area (TPSA) is 97.8 Å². The molecule has 3 heterocycles. The Morgan fingerprint density at radius 3 is 2.94 bits per heavy atom. The molecule has 0 radical (unpaired) electrons. The van der Waals surface area contributed by atoms with Gasteiger partial charge < -0.3 is 5.73 Å². The van der Waals surface area contributed by atoms with Crippen LogP contribution in [0.1, 0.15) is 31.0 Å². The van der Waals surface area contributed by atoms with Crippen molar-refractivity contribution in [1.29, 1.82) is 0 Å². The van der Waals surface area contributed by atoms with Gasteiger partial charge in [0.1, 0.15) is 5.82 Å². The smallest absolute Gasteiger partial charge is 0.234 e. The molecule has 7 nitrogen and oxygen atoms in total. The number of hydrogen-bond donors (Lipinski definition) is 2. The maximum atomic E-state index is 5.80. The lowest BCUT2D eigenvalue weighted by Gasteiger charge is -2.22. The van der Waals surface area contributed by atoms with E-state index in [1.807, 2.05) is 4.52 Å². The van der Waals surface area contributed by atoms with Crippen molar-refractivity contribution in [2.75, 3.05) is 5.73 Å². The number of H-pyrrole nitrogens is 1. The number of anilines is 1. The monoisotopic (exact) mass is 261 g/mol. The number of nitrogen functional groups attached to an aromatic ring is 1. The predicted molar refractivity (Wildman–Crippen MR) is 67.2 cm³/mol. The van der Waals surface area contributed by atoms with Crippen molar-refractivity contribution < 1.29 is 0 Å². The summed E-state index contributed by atoms with van der Waals surface area (Å²) in [5.41, 5.74) is 6.63.